The van der Waals surface area contributed by atoms with Crippen LogP contribution in [-0.4, -0.2) is 36.2 Å². The fraction of sp³-hybridized carbons (Fsp3) is 0.857. The first kappa shape index (κ1) is 16.0. The molecule has 0 aromatic carbocycles. The number of hydrogen-bond acceptors (Lipinski definition) is 3. The third kappa shape index (κ3) is 6.05. The van der Waals surface area contributed by atoms with Gasteiger partial charge in [0.2, 0.25) is 5.91 Å². The highest BCUT2D eigenvalue weighted by Crippen LogP contribution is 2.30. The number of hydrogen-bond donors (Lipinski definition) is 2. The molecule has 1 aliphatic carbocycles. The van der Waals surface area contributed by atoms with Crippen LogP contribution >= 0.6 is 0 Å². The number of nitrogens with one attached hydrogen (secondary N) is 1. The van der Waals surface area contributed by atoms with Crippen molar-refractivity contribution in [2.24, 2.45) is 11.8 Å². The Balaban J connectivity index is 2.07. The van der Waals surface area contributed by atoms with Gasteiger partial charge in [-0.15, -0.1) is 0 Å². The van der Waals surface area contributed by atoms with Gasteiger partial charge in [0, 0.05) is 19.1 Å². The quantitative estimate of drug-likeness (QED) is 0.660. The van der Waals surface area contributed by atoms with Crippen molar-refractivity contribution < 1.29 is 19.4 Å². The summed E-state index contributed by atoms with van der Waals surface area (Å²) >= 11 is 0. The molecule has 0 bridgehead atoms. The van der Waals surface area contributed by atoms with E-state index >= 15 is 0 Å². The van der Waals surface area contributed by atoms with Gasteiger partial charge in [-0.2, -0.15) is 0 Å². The highest BCUT2D eigenvalue weighted by molar-refractivity contribution is 5.80. The Morgan fingerprint density at radius 1 is 1.26 bits per heavy atom. The van der Waals surface area contributed by atoms with Gasteiger partial charge >= 0.3 is 5.97 Å². The molecule has 0 aliphatic heterocycles. The fourth-order valence-electron chi connectivity index (χ4n) is 2.35. The summed E-state index contributed by atoms with van der Waals surface area (Å²) in [5, 5.41) is 11.8. The van der Waals surface area contributed by atoms with Gasteiger partial charge in [-0.05, 0) is 46.0 Å². The van der Waals surface area contributed by atoms with Crippen molar-refractivity contribution in [1.29, 1.82) is 0 Å². The third-order valence-electron chi connectivity index (χ3n) is 3.47. The second kappa shape index (κ2) is 8.15. The van der Waals surface area contributed by atoms with Crippen molar-refractivity contribution in [3.8, 4) is 0 Å². The molecular weight excluding hydrogens is 246 g/mol. The predicted octanol–water partition coefficient (Wildman–Crippen LogP) is 1.81. The van der Waals surface area contributed by atoms with Gasteiger partial charge < -0.3 is 15.2 Å². The van der Waals surface area contributed by atoms with Crippen LogP contribution < -0.4 is 5.32 Å². The van der Waals surface area contributed by atoms with E-state index in [2.05, 4.69) is 5.32 Å². The van der Waals surface area contributed by atoms with Gasteiger partial charge in [-0.1, -0.05) is 0 Å². The van der Waals surface area contributed by atoms with E-state index in [1.165, 1.54) is 0 Å². The lowest BCUT2D eigenvalue weighted by atomic mass is 10.0. The second-order valence-electron chi connectivity index (χ2n) is 5.46. The number of amides is 1. The van der Waals surface area contributed by atoms with Crippen molar-refractivity contribution in [2.75, 3.05) is 13.2 Å². The lowest BCUT2D eigenvalue weighted by molar-refractivity contribution is -0.141. The van der Waals surface area contributed by atoms with E-state index in [4.69, 9.17) is 9.84 Å². The van der Waals surface area contributed by atoms with E-state index in [0.717, 1.165) is 19.4 Å². The number of unbranched alkanes of at least 4 members (excludes halogenated alkanes) is 1. The largest absolute Gasteiger partial charge is 0.481 e. The van der Waals surface area contributed by atoms with Crippen molar-refractivity contribution >= 4 is 11.9 Å². The summed E-state index contributed by atoms with van der Waals surface area (Å²) < 4.78 is 5.41. The summed E-state index contributed by atoms with van der Waals surface area (Å²) in [6, 6.07) is 0. The summed E-state index contributed by atoms with van der Waals surface area (Å²) in [6.45, 7) is 5.37. The van der Waals surface area contributed by atoms with Gasteiger partial charge in [-0.3, -0.25) is 9.59 Å². The van der Waals surface area contributed by atoms with E-state index in [1.807, 2.05) is 13.8 Å². The average molecular weight is 271 g/mol. The van der Waals surface area contributed by atoms with Crippen LogP contribution in [0, 0.1) is 11.8 Å². The average Bonchev–Trinajstić information content (AvgIpc) is 2.82. The Labute approximate surface area is 114 Å². The lowest BCUT2D eigenvalue weighted by Gasteiger charge is -2.11. The minimum atomic E-state index is -0.777. The third-order valence-corrected chi connectivity index (χ3v) is 3.47. The van der Waals surface area contributed by atoms with Crippen LogP contribution in [0.4, 0.5) is 0 Å². The molecule has 1 saturated carbocycles. The Bertz CT molecular complexity index is 304. The highest BCUT2D eigenvalue weighted by atomic mass is 16.5. The summed E-state index contributed by atoms with van der Waals surface area (Å²) in [7, 11) is 0. The van der Waals surface area contributed by atoms with Crippen molar-refractivity contribution in [1.82, 2.24) is 5.32 Å². The van der Waals surface area contributed by atoms with Crippen molar-refractivity contribution in [2.45, 2.75) is 52.1 Å². The maximum Gasteiger partial charge on any atom is 0.306 e. The zero-order valence-corrected chi connectivity index (χ0v) is 11.9. The molecule has 2 N–H and O–H groups in total. The molecule has 1 fully saturated rings. The topological polar surface area (TPSA) is 75.6 Å². The zero-order valence-electron chi connectivity index (χ0n) is 11.9. The van der Waals surface area contributed by atoms with Crippen molar-refractivity contribution in [3.63, 3.8) is 0 Å². The van der Waals surface area contributed by atoms with Crippen LogP contribution in [-0.2, 0) is 14.3 Å². The Morgan fingerprint density at radius 2 is 1.95 bits per heavy atom. The summed E-state index contributed by atoms with van der Waals surface area (Å²) in [4.78, 5) is 22.6. The highest BCUT2D eigenvalue weighted by Gasteiger charge is 2.33. The fourth-order valence-corrected chi connectivity index (χ4v) is 2.35. The monoisotopic (exact) mass is 271 g/mol. The molecule has 0 aromatic heterocycles. The van der Waals surface area contributed by atoms with E-state index in [0.29, 0.717) is 25.8 Å². The minimum absolute atomic E-state index is 0.00790. The summed E-state index contributed by atoms with van der Waals surface area (Å²) in [5.74, 6) is -1.22. The maximum absolute atomic E-state index is 11.8. The molecule has 19 heavy (non-hydrogen) atoms. The van der Waals surface area contributed by atoms with Crippen LogP contribution in [0.15, 0.2) is 0 Å². The van der Waals surface area contributed by atoms with Gasteiger partial charge in [0.05, 0.1) is 12.0 Å². The molecule has 5 heteroatoms. The van der Waals surface area contributed by atoms with Crippen LogP contribution in [0.5, 0.6) is 0 Å². The Morgan fingerprint density at radius 3 is 2.53 bits per heavy atom. The molecule has 2 atom stereocenters. The predicted molar refractivity (Wildman–Crippen MR) is 71.8 cm³/mol. The molecule has 0 saturated heterocycles. The smallest absolute Gasteiger partial charge is 0.306 e. The molecule has 1 rings (SSSR count). The van der Waals surface area contributed by atoms with Crippen LogP contribution in [0.25, 0.3) is 0 Å². The normalized spacial score (nSPS) is 22.7. The van der Waals surface area contributed by atoms with Gasteiger partial charge in [0.1, 0.15) is 0 Å². The number of carbonyl (C=O) groups is 2. The molecule has 1 aliphatic rings. The zero-order chi connectivity index (χ0) is 14.3. The Kier molecular flexibility index (Phi) is 6.84. The number of aliphatic carboxylic acids is 1. The lowest BCUT2D eigenvalue weighted by Crippen LogP contribution is -2.30. The summed E-state index contributed by atoms with van der Waals surface area (Å²) in [5.41, 5.74) is 0. The first-order valence-corrected chi connectivity index (χ1v) is 7.12. The van der Waals surface area contributed by atoms with Crippen LogP contribution in [0.2, 0.25) is 0 Å². The van der Waals surface area contributed by atoms with Gasteiger partial charge in [-0.25, -0.2) is 0 Å². The van der Waals surface area contributed by atoms with Crippen LogP contribution in [0.3, 0.4) is 0 Å². The molecule has 1 amide bonds. The Hall–Kier alpha value is -1.10. The number of ether oxygens (including phenoxy) is 1. The number of rotatable bonds is 8. The van der Waals surface area contributed by atoms with E-state index < -0.39 is 5.97 Å². The van der Waals surface area contributed by atoms with E-state index in [-0.39, 0.29) is 23.8 Å². The maximum atomic E-state index is 11.8. The number of carboxylic acid groups (broad SMARTS) is 1. The first-order chi connectivity index (χ1) is 9.00. The number of carboxylic acids is 1. The molecule has 5 nitrogen and oxygen atoms in total. The molecular formula is C14H25NO4. The van der Waals surface area contributed by atoms with E-state index in [9.17, 15) is 9.59 Å². The molecule has 0 unspecified atom stereocenters. The SMILES string of the molecule is CC(C)OCCCCNC(=O)[C@@H]1CC[C@H](C(=O)O)C1. The molecule has 0 aromatic rings. The van der Waals surface area contributed by atoms with Crippen molar-refractivity contribution in [3.05, 3.63) is 0 Å². The second-order valence-corrected chi connectivity index (χ2v) is 5.46. The summed E-state index contributed by atoms with van der Waals surface area (Å²) in [6.07, 6.45) is 3.88. The minimum Gasteiger partial charge on any atom is -0.481 e. The van der Waals surface area contributed by atoms with Gasteiger partial charge in [0.25, 0.3) is 0 Å². The molecule has 110 valence electrons. The van der Waals surface area contributed by atoms with Crippen LogP contribution in [0.1, 0.15) is 46.0 Å². The molecule has 0 spiro atoms. The van der Waals surface area contributed by atoms with Gasteiger partial charge in [0.15, 0.2) is 0 Å². The molecule has 0 radical (unpaired) electrons. The number of carbonyl (C=O) groups excluding carboxylic acids is 1. The standard InChI is InChI=1S/C14H25NO4/c1-10(2)19-8-4-3-7-15-13(16)11-5-6-12(9-11)14(17)18/h10-12H,3-9H2,1-2H3,(H,15,16)(H,17,18)/t11-,12+/m1/s1. The van der Waals surface area contributed by atoms with E-state index in [1.54, 1.807) is 0 Å². The first-order valence-electron chi connectivity index (χ1n) is 7.12. The molecule has 0 heterocycles.